The number of amides is 1. The van der Waals surface area contributed by atoms with Crippen LogP contribution in [0.3, 0.4) is 0 Å². The fourth-order valence-electron chi connectivity index (χ4n) is 6.52. The number of carbonyl (C=O) groups is 1. The Kier molecular flexibility index (Phi) is 47.3. The molecule has 1 amide bonds. The minimum atomic E-state index is -4.62. The molecule has 0 heterocycles. The van der Waals surface area contributed by atoms with Gasteiger partial charge in [0.25, 0.3) is 7.82 Å². The summed E-state index contributed by atoms with van der Waals surface area (Å²) < 4.78 is 23.2. The average Bonchev–Trinajstić information content (AvgIpc) is 3.32. The third-order valence-corrected chi connectivity index (χ3v) is 11.7. The number of phosphoric acid groups is 1. The second-order valence-electron chi connectivity index (χ2n) is 18.5. The molecule has 9 heteroatoms. The maximum Gasteiger partial charge on any atom is 0.268 e. The fourth-order valence-corrected chi connectivity index (χ4v) is 7.25. The highest BCUT2D eigenvalue weighted by Crippen LogP contribution is 2.38. The number of allylic oxidation sites excluding steroid dienone is 25. The van der Waals surface area contributed by atoms with E-state index in [1.54, 1.807) is 6.08 Å². The predicted molar refractivity (Wildman–Crippen MR) is 301 cm³/mol. The lowest BCUT2D eigenvalue weighted by Gasteiger charge is -2.29. The van der Waals surface area contributed by atoms with Crippen LogP contribution in [0.2, 0.25) is 0 Å². The first-order valence-corrected chi connectivity index (χ1v) is 28.3. The van der Waals surface area contributed by atoms with Gasteiger partial charge in [0.2, 0.25) is 5.91 Å². The van der Waals surface area contributed by atoms with E-state index in [1.165, 1.54) is 32.1 Å². The Morgan fingerprint density at radius 3 is 1.31 bits per heavy atom. The van der Waals surface area contributed by atoms with Crippen LogP contribution in [0.5, 0.6) is 0 Å². The molecule has 0 aromatic rings. The minimum absolute atomic E-state index is 0.0225. The molecular weight excluding hydrogens is 888 g/mol. The Bertz CT molecular complexity index is 1690. The number of hydrogen-bond acceptors (Lipinski definition) is 6. The second-order valence-corrected chi connectivity index (χ2v) is 19.9. The molecule has 0 saturated carbocycles. The molecule has 0 bridgehead atoms. The first-order chi connectivity index (χ1) is 34.0. The quantitative estimate of drug-likeness (QED) is 0.0272. The Morgan fingerprint density at radius 2 is 0.886 bits per heavy atom. The van der Waals surface area contributed by atoms with Crippen molar-refractivity contribution < 1.29 is 32.9 Å². The van der Waals surface area contributed by atoms with Crippen molar-refractivity contribution in [1.82, 2.24) is 5.32 Å². The van der Waals surface area contributed by atoms with Gasteiger partial charge in [-0.15, -0.1) is 0 Å². The molecule has 0 aliphatic heterocycles. The third kappa shape index (κ3) is 52.0. The summed E-state index contributed by atoms with van der Waals surface area (Å²) in [5.74, 6) is -0.249. The lowest BCUT2D eigenvalue weighted by Crippen LogP contribution is -2.45. The molecule has 70 heavy (non-hydrogen) atoms. The number of nitrogens with one attached hydrogen (secondary N) is 1. The van der Waals surface area contributed by atoms with Gasteiger partial charge in [0.1, 0.15) is 13.2 Å². The molecule has 0 aromatic heterocycles. The summed E-state index contributed by atoms with van der Waals surface area (Å²) in [6.07, 6.45) is 79.0. The fraction of sp³-hybridized carbons (Fsp3) is 0.557. The lowest BCUT2D eigenvalue weighted by atomic mass is 10.1. The smallest absolute Gasteiger partial charge is 0.268 e. The Labute approximate surface area is 429 Å². The maximum absolute atomic E-state index is 12.9. The summed E-state index contributed by atoms with van der Waals surface area (Å²) in [5, 5.41) is 13.7. The molecule has 0 radical (unpaired) electrons. The zero-order chi connectivity index (χ0) is 51.3. The SMILES string of the molecule is CC/C=C\C/C=C\C/C=C\C/C=C\C/C=C\C/C=C\C/C=C\C/C=C\C/C=C\C/C=C\C/C=C\CCCCCC(=O)NC(COP(=O)([O-])OCC[N+](C)(C)C)C(O)/C=C/CC/C=C/CCCCCCC. The number of phosphoric ester groups is 1. The first kappa shape index (κ1) is 66.1. The van der Waals surface area contributed by atoms with E-state index >= 15 is 0 Å². The van der Waals surface area contributed by atoms with Crippen molar-refractivity contribution in [3.63, 3.8) is 0 Å². The van der Waals surface area contributed by atoms with Crippen molar-refractivity contribution in [2.75, 3.05) is 40.9 Å². The molecule has 394 valence electrons. The van der Waals surface area contributed by atoms with E-state index in [9.17, 15) is 19.4 Å². The Hall–Kier alpha value is -3.88. The van der Waals surface area contributed by atoms with Gasteiger partial charge in [-0.1, -0.05) is 204 Å². The molecule has 0 rings (SSSR count). The summed E-state index contributed by atoms with van der Waals surface area (Å²) in [6.45, 7) is 4.42. The van der Waals surface area contributed by atoms with Gasteiger partial charge in [-0.05, 0) is 116 Å². The molecule has 8 nitrogen and oxygen atoms in total. The average molecular weight is 987 g/mol. The number of aliphatic hydroxyl groups is 1. The summed E-state index contributed by atoms with van der Waals surface area (Å²) in [4.78, 5) is 25.3. The predicted octanol–water partition coefficient (Wildman–Crippen LogP) is 15.7. The van der Waals surface area contributed by atoms with Gasteiger partial charge in [0, 0.05) is 6.42 Å². The normalized spacial score (nSPS) is 15.2. The molecule has 0 saturated heterocycles. The van der Waals surface area contributed by atoms with Crippen LogP contribution >= 0.6 is 7.82 Å². The number of nitrogens with zero attached hydrogens (tertiary/aromatic N) is 1. The van der Waals surface area contributed by atoms with Crippen molar-refractivity contribution >= 4 is 13.7 Å². The summed E-state index contributed by atoms with van der Waals surface area (Å²) in [6, 6.07) is -0.932. The molecule has 2 N–H and O–H groups in total. The first-order valence-electron chi connectivity index (χ1n) is 26.8. The van der Waals surface area contributed by atoms with Crippen LogP contribution in [-0.4, -0.2) is 68.5 Å². The van der Waals surface area contributed by atoms with Crippen molar-refractivity contribution in [2.45, 2.75) is 180 Å². The highest BCUT2D eigenvalue weighted by atomic mass is 31.2. The van der Waals surface area contributed by atoms with Crippen molar-refractivity contribution in [2.24, 2.45) is 0 Å². The van der Waals surface area contributed by atoms with Crippen molar-refractivity contribution in [1.29, 1.82) is 0 Å². The molecule has 0 aromatic carbocycles. The standard InChI is InChI=1S/C61H99N2O6P/c1-6-8-10-12-14-16-18-19-20-21-22-23-24-25-26-27-28-29-30-31-32-33-34-35-36-37-38-39-40-41-42-43-45-47-49-51-53-55-61(65)62-59(58-69-70(66,67)68-57-56-63(3,4)5)60(64)54-52-50-48-46-44-17-15-13-11-9-7-2/h8,10,14,16,19-20,22-23,25-26,28-29,31-32,34-35,37-38,40-41,43-46,52,54,59-60,64H,6-7,9,11-13,15,17-18,21,24,27,30,33,36,39,42,47-51,53,55-58H2,1-5H3,(H-,62,65,66,67)/b10-8-,16-14-,20-19-,23-22-,26-25-,29-28-,32-31-,35-34-,38-37-,41-40-,45-43-,46-44+,54-52+. The van der Waals surface area contributed by atoms with Crippen molar-refractivity contribution in [3.8, 4) is 0 Å². The van der Waals surface area contributed by atoms with Crippen LogP contribution in [0.1, 0.15) is 168 Å². The number of quaternary nitrogens is 1. The number of hydrogen-bond donors (Lipinski definition) is 2. The Balaban J connectivity index is 4.26. The zero-order valence-corrected chi connectivity index (χ0v) is 45.5. The third-order valence-electron chi connectivity index (χ3n) is 10.7. The van der Waals surface area contributed by atoms with Gasteiger partial charge < -0.3 is 28.8 Å². The van der Waals surface area contributed by atoms with E-state index in [1.807, 2.05) is 27.2 Å². The largest absolute Gasteiger partial charge is 0.756 e. The van der Waals surface area contributed by atoms with Gasteiger partial charge in [-0.2, -0.15) is 0 Å². The molecule has 0 aliphatic rings. The van der Waals surface area contributed by atoms with Gasteiger partial charge in [0.05, 0.1) is 39.9 Å². The molecular formula is C61H99N2O6P. The van der Waals surface area contributed by atoms with E-state index in [0.717, 1.165) is 109 Å². The maximum atomic E-state index is 12.9. The van der Waals surface area contributed by atoms with E-state index in [0.29, 0.717) is 17.4 Å². The van der Waals surface area contributed by atoms with E-state index in [-0.39, 0.29) is 18.9 Å². The second kappa shape index (κ2) is 50.1. The van der Waals surface area contributed by atoms with Crippen LogP contribution in [0.4, 0.5) is 0 Å². The van der Waals surface area contributed by atoms with Crippen molar-refractivity contribution in [3.05, 3.63) is 158 Å². The Morgan fingerprint density at radius 1 is 0.514 bits per heavy atom. The highest BCUT2D eigenvalue weighted by molar-refractivity contribution is 7.45. The van der Waals surface area contributed by atoms with Crippen LogP contribution in [0, 0.1) is 0 Å². The van der Waals surface area contributed by atoms with Crippen LogP contribution in [-0.2, 0) is 18.4 Å². The van der Waals surface area contributed by atoms with Gasteiger partial charge >= 0.3 is 0 Å². The van der Waals surface area contributed by atoms with Crippen LogP contribution in [0.15, 0.2) is 158 Å². The monoisotopic (exact) mass is 987 g/mol. The number of rotatable bonds is 46. The lowest BCUT2D eigenvalue weighted by molar-refractivity contribution is -0.870. The van der Waals surface area contributed by atoms with E-state index in [2.05, 4.69) is 165 Å². The number of unbranched alkanes of at least 4 members (excludes halogenated alkanes) is 9. The van der Waals surface area contributed by atoms with E-state index in [4.69, 9.17) is 9.05 Å². The van der Waals surface area contributed by atoms with Crippen LogP contribution in [0.25, 0.3) is 0 Å². The van der Waals surface area contributed by atoms with Gasteiger partial charge in [-0.3, -0.25) is 9.36 Å². The van der Waals surface area contributed by atoms with Gasteiger partial charge in [0.15, 0.2) is 0 Å². The van der Waals surface area contributed by atoms with Gasteiger partial charge in [-0.25, -0.2) is 0 Å². The highest BCUT2D eigenvalue weighted by Gasteiger charge is 2.23. The number of aliphatic hydroxyl groups excluding tert-OH is 1. The molecule has 0 fully saturated rings. The number of carbonyl (C=O) groups excluding carboxylic acids is 1. The topological polar surface area (TPSA) is 108 Å². The minimum Gasteiger partial charge on any atom is -0.756 e. The molecule has 0 spiro atoms. The summed E-state index contributed by atoms with van der Waals surface area (Å²) in [7, 11) is 1.19. The van der Waals surface area contributed by atoms with Crippen LogP contribution < -0.4 is 10.2 Å². The molecule has 3 unspecified atom stereocenters. The van der Waals surface area contributed by atoms with E-state index < -0.39 is 26.6 Å². The molecule has 0 aliphatic carbocycles. The summed E-state index contributed by atoms with van der Waals surface area (Å²) >= 11 is 0. The summed E-state index contributed by atoms with van der Waals surface area (Å²) in [5.41, 5.74) is 0. The number of likely N-dealkylation sites (N-methyl/N-ethyl adjacent to an activating group) is 1. The molecule has 3 atom stereocenters. The zero-order valence-electron chi connectivity index (χ0n) is 44.6.